The number of hydrogen-bond acceptors (Lipinski definition) is 2. The van der Waals surface area contributed by atoms with E-state index in [1.807, 2.05) is 0 Å². The van der Waals surface area contributed by atoms with Gasteiger partial charge in [-0.05, 0) is 32.5 Å². The first-order valence-electron chi connectivity index (χ1n) is 5.66. The zero-order valence-corrected chi connectivity index (χ0v) is 10.6. The molecule has 0 aromatic heterocycles. The van der Waals surface area contributed by atoms with Crippen LogP contribution in [0.4, 0.5) is 0 Å². The molecule has 0 aliphatic heterocycles. The molecule has 0 amide bonds. The van der Waals surface area contributed by atoms with Crippen LogP contribution in [0.5, 0.6) is 0 Å². The van der Waals surface area contributed by atoms with E-state index in [1.165, 1.54) is 12.8 Å². The summed E-state index contributed by atoms with van der Waals surface area (Å²) in [7, 11) is -1.44. The van der Waals surface area contributed by atoms with Crippen molar-refractivity contribution < 1.29 is 9.22 Å². The van der Waals surface area contributed by atoms with Gasteiger partial charge in [0.2, 0.25) is 0 Å². The highest BCUT2D eigenvalue weighted by molar-refractivity contribution is 6.69. The van der Waals surface area contributed by atoms with Crippen molar-refractivity contribution in [2.45, 2.75) is 51.7 Å². The minimum atomic E-state index is -1.44. The van der Waals surface area contributed by atoms with Crippen LogP contribution in [0, 0.1) is 5.92 Å². The summed E-state index contributed by atoms with van der Waals surface area (Å²) >= 11 is 0. The maximum atomic E-state index is 11.7. The Morgan fingerprint density at radius 1 is 1.29 bits per heavy atom. The van der Waals surface area contributed by atoms with E-state index >= 15 is 0 Å². The molecule has 1 aliphatic carbocycles. The van der Waals surface area contributed by atoms with Crippen LogP contribution in [0.1, 0.15) is 32.1 Å². The van der Waals surface area contributed by atoms with E-state index in [0.717, 1.165) is 19.3 Å². The van der Waals surface area contributed by atoms with E-state index in [2.05, 4.69) is 19.6 Å². The molecule has 0 bridgehead atoms. The summed E-state index contributed by atoms with van der Waals surface area (Å²) < 4.78 is 5.81. The van der Waals surface area contributed by atoms with Gasteiger partial charge in [-0.1, -0.05) is 12.8 Å². The number of carbonyl (C=O) groups is 1. The minimum Gasteiger partial charge on any atom is -0.417 e. The molecule has 1 unspecified atom stereocenters. The highest BCUT2D eigenvalue weighted by atomic mass is 28.4. The van der Waals surface area contributed by atoms with Crippen molar-refractivity contribution in [1.29, 1.82) is 0 Å². The molecule has 1 saturated carbocycles. The van der Waals surface area contributed by atoms with Gasteiger partial charge in [-0.2, -0.15) is 0 Å². The van der Waals surface area contributed by atoms with Gasteiger partial charge in [0.1, 0.15) is 5.78 Å². The Bertz CT molecular complexity index is 196. The number of Topliss-reactive ketones (excluding diaryl/α,β-unsaturated/α-hetero) is 1. The van der Waals surface area contributed by atoms with Crippen molar-refractivity contribution in [3.05, 3.63) is 0 Å². The lowest BCUT2D eigenvalue weighted by atomic mass is 10.0. The Morgan fingerprint density at radius 2 is 2.00 bits per heavy atom. The number of rotatable bonds is 3. The van der Waals surface area contributed by atoms with E-state index in [9.17, 15) is 4.79 Å². The summed E-state index contributed by atoms with van der Waals surface area (Å²) in [4.78, 5) is 11.7. The quantitative estimate of drug-likeness (QED) is 0.533. The van der Waals surface area contributed by atoms with Crippen LogP contribution >= 0.6 is 0 Å². The molecule has 3 heteroatoms. The van der Waals surface area contributed by atoms with Crippen LogP contribution < -0.4 is 0 Å². The molecule has 0 aromatic rings. The number of carbonyl (C=O) groups excluding carboxylic acids is 1. The van der Waals surface area contributed by atoms with Gasteiger partial charge in [-0.3, -0.25) is 4.79 Å². The molecule has 0 N–H and O–H groups in total. The summed E-state index contributed by atoms with van der Waals surface area (Å²) in [6, 6.07) is 0. The largest absolute Gasteiger partial charge is 0.417 e. The first kappa shape index (κ1) is 11.9. The average Bonchev–Trinajstić information content (AvgIpc) is 2.25. The second-order valence-corrected chi connectivity index (χ2v) is 9.70. The number of hydrogen-bond donors (Lipinski definition) is 0. The van der Waals surface area contributed by atoms with Gasteiger partial charge in [-0.25, -0.2) is 0 Å². The molecule has 14 heavy (non-hydrogen) atoms. The molecular formula is C11H22O2Si. The fourth-order valence-corrected chi connectivity index (χ4v) is 2.46. The van der Waals surface area contributed by atoms with Crippen molar-refractivity contribution in [3.8, 4) is 0 Å². The molecule has 82 valence electrons. The molecule has 2 nitrogen and oxygen atoms in total. The van der Waals surface area contributed by atoms with E-state index in [0.29, 0.717) is 12.4 Å². The summed E-state index contributed by atoms with van der Waals surface area (Å²) in [6.45, 7) is 7.20. The maximum absolute atomic E-state index is 11.7. The third-order valence-electron chi connectivity index (χ3n) is 2.65. The van der Waals surface area contributed by atoms with Crippen LogP contribution in [0.25, 0.3) is 0 Å². The monoisotopic (exact) mass is 214 g/mol. The Balaban J connectivity index is 2.37. The zero-order valence-electron chi connectivity index (χ0n) is 9.64. The van der Waals surface area contributed by atoms with Crippen molar-refractivity contribution in [1.82, 2.24) is 0 Å². The standard InChI is InChI=1S/C11H22O2Si/c1-14(2,3)13-9-10-7-5-4-6-8-11(10)12/h10H,4-9H2,1-3H3. The normalized spacial score (nSPS) is 24.8. The van der Waals surface area contributed by atoms with Crippen LogP contribution in [-0.2, 0) is 9.22 Å². The molecule has 0 saturated heterocycles. The van der Waals surface area contributed by atoms with Gasteiger partial charge in [0.25, 0.3) is 0 Å². The van der Waals surface area contributed by atoms with E-state index in [-0.39, 0.29) is 5.92 Å². The molecule has 0 heterocycles. The molecule has 0 spiro atoms. The third-order valence-corrected chi connectivity index (χ3v) is 3.68. The number of ketones is 1. The van der Waals surface area contributed by atoms with Crippen molar-refractivity contribution in [3.63, 3.8) is 0 Å². The van der Waals surface area contributed by atoms with Gasteiger partial charge in [0.05, 0.1) is 0 Å². The first-order chi connectivity index (χ1) is 6.49. The second kappa shape index (κ2) is 5.08. The summed E-state index contributed by atoms with van der Waals surface area (Å²) in [5.41, 5.74) is 0. The predicted molar refractivity (Wildman–Crippen MR) is 60.9 cm³/mol. The lowest BCUT2D eigenvalue weighted by molar-refractivity contribution is -0.123. The van der Waals surface area contributed by atoms with E-state index in [1.54, 1.807) is 0 Å². The molecule has 1 rings (SSSR count). The van der Waals surface area contributed by atoms with E-state index in [4.69, 9.17) is 4.43 Å². The summed E-state index contributed by atoms with van der Waals surface area (Å²) in [5, 5.41) is 0. The SMILES string of the molecule is C[Si](C)(C)OCC1CCCCCC1=O. The fourth-order valence-electron chi connectivity index (χ4n) is 1.76. The van der Waals surface area contributed by atoms with Crippen LogP contribution in [0.2, 0.25) is 19.6 Å². The maximum Gasteiger partial charge on any atom is 0.183 e. The highest BCUT2D eigenvalue weighted by Crippen LogP contribution is 2.21. The lowest BCUT2D eigenvalue weighted by Gasteiger charge is -2.21. The van der Waals surface area contributed by atoms with Crippen molar-refractivity contribution in [2.75, 3.05) is 6.61 Å². The lowest BCUT2D eigenvalue weighted by Crippen LogP contribution is -2.30. The fraction of sp³-hybridized carbons (Fsp3) is 0.909. The Morgan fingerprint density at radius 3 is 2.64 bits per heavy atom. The Labute approximate surface area is 88.2 Å². The predicted octanol–water partition coefficient (Wildman–Crippen LogP) is 2.99. The van der Waals surface area contributed by atoms with Gasteiger partial charge in [0.15, 0.2) is 8.32 Å². The topological polar surface area (TPSA) is 26.3 Å². The summed E-state index contributed by atoms with van der Waals surface area (Å²) in [6.07, 6.45) is 5.33. The first-order valence-corrected chi connectivity index (χ1v) is 9.06. The molecule has 0 radical (unpaired) electrons. The van der Waals surface area contributed by atoms with Gasteiger partial charge in [-0.15, -0.1) is 0 Å². The van der Waals surface area contributed by atoms with Gasteiger partial charge < -0.3 is 4.43 Å². The van der Waals surface area contributed by atoms with Crippen LogP contribution in [0.3, 0.4) is 0 Å². The average molecular weight is 214 g/mol. The summed E-state index contributed by atoms with van der Waals surface area (Å²) in [5.74, 6) is 0.630. The van der Waals surface area contributed by atoms with Crippen LogP contribution in [0.15, 0.2) is 0 Å². The molecular weight excluding hydrogens is 192 g/mol. The molecule has 1 aliphatic rings. The van der Waals surface area contributed by atoms with Gasteiger partial charge >= 0.3 is 0 Å². The van der Waals surface area contributed by atoms with Crippen molar-refractivity contribution >= 4 is 14.1 Å². The highest BCUT2D eigenvalue weighted by Gasteiger charge is 2.23. The molecule has 1 fully saturated rings. The Kier molecular flexibility index (Phi) is 4.32. The third kappa shape index (κ3) is 4.38. The molecule has 0 aromatic carbocycles. The second-order valence-electron chi connectivity index (χ2n) is 5.19. The van der Waals surface area contributed by atoms with Crippen molar-refractivity contribution in [2.24, 2.45) is 5.92 Å². The smallest absolute Gasteiger partial charge is 0.183 e. The minimum absolute atomic E-state index is 0.198. The van der Waals surface area contributed by atoms with Crippen LogP contribution in [-0.4, -0.2) is 20.7 Å². The molecule has 1 atom stereocenters. The zero-order chi connectivity index (χ0) is 10.6. The Hall–Kier alpha value is -0.153. The van der Waals surface area contributed by atoms with E-state index < -0.39 is 8.32 Å². The van der Waals surface area contributed by atoms with Gasteiger partial charge in [0, 0.05) is 18.9 Å².